The number of benzene rings is 5. The van der Waals surface area contributed by atoms with Crippen molar-refractivity contribution in [3.63, 3.8) is 0 Å². The molecule has 4 bridgehead atoms. The average Bonchev–Trinajstić information content (AvgIpc) is 3.89. The van der Waals surface area contributed by atoms with E-state index in [9.17, 15) is 0 Å². The van der Waals surface area contributed by atoms with Crippen LogP contribution < -0.4 is 4.90 Å². The molecule has 0 spiro atoms. The van der Waals surface area contributed by atoms with Crippen molar-refractivity contribution in [3.8, 4) is 5.69 Å². The molecule has 10 rings (SSSR count). The fourth-order valence-corrected chi connectivity index (χ4v) is 11.2. The van der Waals surface area contributed by atoms with Crippen LogP contribution in [0.2, 0.25) is 0 Å². The largest absolute Gasteiger partial charge is 0.310 e. The summed E-state index contributed by atoms with van der Waals surface area (Å²) in [5.41, 5.74) is 10.4. The van der Waals surface area contributed by atoms with Crippen molar-refractivity contribution in [1.29, 1.82) is 0 Å². The minimum absolute atomic E-state index is 0.747. The van der Waals surface area contributed by atoms with Crippen molar-refractivity contribution in [1.82, 2.24) is 4.57 Å². The molecule has 0 radical (unpaired) electrons. The van der Waals surface area contributed by atoms with Gasteiger partial charge in [-0.25, -0.2) is 0 Å². The summed E-state index contributed by atoms with van der Waals surface area (Å²) < 4.78 is 2.44. The Bertz CT molecular complexity index is 2090. The number of aromatic nitrogens is 1. The van der Waals surface area contributed by atoms with Gasteiger partial charge in [0.15, 0.2) is 0 Å². The molecule has 4 aliphatic rings. The number of hydrogen-bond donors (Lipinski definition) is 0. The van der Waals surface area contributed by atoms with Gasteiger partial charge in [0.2, 0.25) is 0 Å². The molecule has 252 valence electrons. The Morgan fingerprint density at radius 2 is 1.22 bits per heavy atom. The standard InChI is InChI=1S/C48H50N2/c1-2-9-40(10-3-1)50-47-12-5-4-11-44(47)45-26-25-43(32-48(45)50)49(42-23-19-38(20-24-42)46-31-37-15-18-39(46)30-37)41-21-16-33(17-22-41)13-14-36-28-34-7-6-8-35(27-34)29-36/h1-5,9-12,16-17,19-26,32,34-37,39,46H,6-8,13-15,18,27-31H2. The minimum atomic E-state index is 0.747. The molecule has 2 heteroatoms. The van der Waals surface area contributed by atoms with Crippen molar-refractivity contribution in [2.24, 2.45) is 29.6 Å². The van der Waals surface area contributed by atoms with Crippen LogP contribution in [-0.2, 0) is 6.42 Å². The van der Waals surface area contributed by atoms with E-state index < -0.39 is 0 Å². The van der Waals surface area contributed by atoms with Crippen molar-refractivity contribution >= 4 is 38.9 Å². The van der Waals surface area contributed by atoms with E-state index >= 15 is 0 Å². The van der Waals surface area contributed by atoms with E-state index in [1.807, 2.05) is 0 Å². The third-order valence-electron chi connectivity index (χ3n) is 13.5. The fraction of sp³-hybridized carbons (Fsp3) is 0.375. The molecule has 0 saturated heterocycles. The number of rotatable bonds is 8. The summed E-state index contributed by atoms with van der Waals surface area (Å²) in [5, 5.41) is 2.59. The first-order valence-corrected chi connectivity index (χ1v) is 19.8. The van der Waals surface area contributed by atoms with Gasteiger partial charge in [0, 0.05) is 33.5 Å². The molecule has 0 aliphatic heterocycles. The molecule has 0 N–H and O–H groups in total. The average molecular weight is 655 g/mol. The maximum Gasteiger partial charge on any atom is 0.0561 e. The molecule has 4 aliphatic carbocycles. The van der Waals surface area contributed by atoms with Crippen LogP contribution in [0.1, 0.15) is 87.7 Å². The van der Waals surface area contributed by atoms with Gasteiger partial charge in [0.25, 0.3) is 0 Å². The third-order valence-corrected chi connectivity index (χ3v) is 13.5. The van der Waals surface area contributed by atoms with Gasteiger partial charge in [0.1, 0.15) is 0 Å². The number of hydrogen-bond acceptors (Lipinski definition) is 1. The monoisotopic (exact) mass is 654 g/mol. The van der Waals surface area contributed by atoms with Gasteiger partial charge in [-0.3, -0.25) is 0 Å². The zero-order valence-electron chi connectivity index (χ0n) is 29.4. The van der Waals surface area contributed by atoms with Crippen LogP contribution in [0, 0.1) is 29.6 Å². The molecule has 6 aromatic rings. The number of nitrogens with zero attached hydrogens (tertiary/aromatic N) is 2. The van der Waals surface area contributed by atoms with Gasteiger partial charge in [-0.05, 0) is 153 Å². The van der Waals surface area contributed by atoms with Crippen LogP contribution in [0.5, 0.6) is 0 Å². The highest BCUT2D eigenvalue weighted by Crippen LogP contribution is 2.53. The lowest BCUT2D eigenvalue weighted by atomic mass is 9.67. The summed E-state index contributed by atoms with van der Waals surface area (Å²) in [5.74, 6) is 5.54. The van der Waals surface area contributed by atoms with E-state index in [2.05, 4.69) is 131 Å². The first kappa shape index (κ1) is 30.5. The van der Waals surface area contributed by atoms with Crippen molar-refractivity contribution in [2.75, 3.05) is 4.90 Å². The third kappa shape index (κ3) is 5.56. The molecular formula is C48H50N2. The minimum Gasteiger partial charge on any atom is -0.310 e. The predicted molar refractivity (Wildman–Crippen MR) is 210 cm³/mol. The smallest absolute Gasteiger partial charge is 0.0561 e. The summed E-state index contributed by atoms with van der Waals surface area (Å²) in [6.45, 7) is 0. The summed E-state index contributed by atoms with van der Waals surface area (Å²) in [6, 6.07) is 46.1. The SMILES string of the molecule is c1ccc(-n2c3ccccc3c3ccc(N(c4ccc(CCC5CC6CCCC(C6)C5)cc4)c4ccc(C5CC6CCC5C6)cc4)cc32)cc1. The second-order valence-electron chi connectivity index (χ2n) is 16.5. The highest BCUT2D eigenvalue weighted by Gasteiger charge is 2.40. The van der Waals surface area contributed by atoms with E-state index in [4.69, 9.17) is 0 Å². The van der Waals surface area contributed by atoms with Gasteiger partial charge >= 0.3 is 0 Å². The van der Waals surface area contributed by atoms with Crippen LogP contribution in [-0.4, -0.2) is 4.57 Å². The Hall–Kier alpha value is -4.30. The van der Waals surface area contributed by atoms with Gasteiger partial charge in [-0.1, -0.05) is 92.4 Å². The quantitative estimate of drug-likeness (QED) is 0.159. The van der Waals surface area contributed by atoms with Gasteiger partial charge in [-0.15, -0.1) is 0 Å². The highest BCUT2D eigenvalue weighted by atomic mass is 15.1. The van der Waals surface area contributed by atoms with Crippen molar-refractivity contribution in [3.05, 3.63) is 132 Å². The van der Waals surface area contributed by atoms with E-state index in [1.54, 1.807) is 5.56 Å². The van der Waals surface area contributed by atoms with Gasteiger partial charge < -0.3 is 9.47 Å². The highest BCUT2D eigenvalue weighted by molar-refractivity contribution is 6.10. The van der Waals surface area contributed by atoms with E-state index in [-0.39, 0.29) is 0 Å². The Balaban J connectivity index is 1.01. The van der Waals surface area contributed by atoms with Crippen LogP contribution in [0.25, 0.3) is 27.5 Å². The molecule has 0 amide bonds. The molecule has 4 saturated carbocycles. The molecule has 5 unspecified atom stereocenters. The maximum absolute atomic E-state index is 2.49. The first-order valence-electron chi connectivity index (χ1n) is 19.8. The Morgan fingerprint density at radius 1 is 0.540 bits per heavy atom. The van der Waals surface area contributed by atoms with Crippen molar-refractivity contribution < 1.29 is 0 Å². The normalized spacial score (nSPS) is 25.8. The summed E-state index contributed by atoms with van der Waals surface area (Å²) in [7, 11) is 0. The number of aryl methyl sites for hydroxylation is 1. The summed E-state index contributed by atoms with van der Waals surface area (Å²) in [4.78, 5) is 2.49. The molecule has 5 atom stereocenters. The summed E-state index contributed by atoms with van der Waals surface area (Å²) >= 11 is 0. The van der Waals surface area contributed by atoms with Crippen LogP contribution in [0.3, 0.4) is 0 Å². The molecular weight excluding hydrogens is 605 g/mol. The number of anilines is 3. The molecule has 1 aromatic heterocycles. The Morgan fingerprint density at radius 3 is 1.96 bits per heavy atom. The summed E-state index contributed by atoms with van der Waals surface area (Å²) in [6.07, 6.45) is 17.2. The molecule has 50 heavy (non-hydrogen) atoms. The van der Waals surface area contributed by atoms with Gasteiger partial charge in [0.05, 0.1) is 11.0 Å². The maximum atomic E-state index is 2.49. The van der Waals surface area contributed by atoms with Gasteiger partial charge in [-0.2, -0.15) is 0 Å². The second-order valence-corrected chi connectivity index (χ2v) is 16.5. The number of para-hydroxylation sites is 2. The van der Waals surface area contributed by atoms with E-state index in [1.165, 1.54) is 127 Å². The lowest BCUT2D eigenvalue weighted by molar-refractivity contribution is 0.132. The topological polar surface area (TPSA) is 8.17 Å². The first-order chi connectivity index (χ1) is 24.7. The molecule has 1 heterocycles. The zero-order chi connectivity index (χ0) is 33.0. The van der Waals surface area contributed by atoms with Crippen LogP contribution in [0.15, 0.2) is 121 Å². The zero-order valence-corrected chi connectivity index (χ0v) is 29.4. The lowest BCUT2D eigenvalue weighted by Gasteiger charge is -2.39. The predicted octanol–water partition coefficient (Wildman–Crippen LogP) is 13.3. The molecule has 4 fully saturated rings. The Kier molecular flexibility index (Phi) is 7.81. The second kappa shape index (κ2) is 12.8. The fourth-order valence-electron chi connectivity index (χ4n) is 11.2. The van der Waals surface area contributed by atoms with Crippen LogP contribution >= 0.6 is 0 Å². The molecule has 2 nitrogen and oxygen atoms in total. The number of fused-ring (bicyclic) bond motifs is 7. The van der Waals surface area contributed by atoms with Crippen LogP contribution in [0.4, 0.5) is 17.1 Å². The van der Waals surface area contributed by atoms with E-state index in [0.29, 0.717) is 0 Å². The van der Waals surface area contributed by atoms with E-state index in [0.717, 1.165) is 35.5 Å². The molecule has 5 aromatic carbocycles. The Labute approximate surface area is 298 Å². The lowest BCUT2D eigenvalue weighted by Crippen LogP contribution is -2.27. The van der Waals surface area contributed by atoms with Crippen molar-refractivity contribution in [2.45, 2.75) is 83.0 Å².